The molecule has 3 aromatic rings. The zero-order valence-electron chi connectivity index (χ0n) is 15.3. The molecule has 1 aromatic heterocycles. The second-order valence-corrected chi connectivity index (χ2v) is 7.84. The Morgan fingerprint density at radius 3 is 2.93 bits per heavy atom. The Labute approximate surface area is 170 Å². The van der Waals surface area contributed by atoms with Crippen molar-refractivity contribution in [3.05, 3.63) is 57.7 Å². The van der Waals surface area contributed by atoms with Gasteiger partial charge in [0.2, 0.25) is 6.79 Å². The first-order valence-electron chi connectivity index (χ1n) is 9.26. The van der Waals surface area contributed by atoms with Crippen molar-refractivity contribution in [2.45, 2.75) is 25.4 Å². The van der Waals surface area contributed by atoms with Gasteiger partial charge in [-0.25, -0.2) is 0 Å². The van der Waals surface area contributed by atoms with Crippen molar-refractivity contribution in [1.29, 1.82) is 0 Å². The molecule has 0 saturated carbocycles. The minimum Gasteiger partial charge on any atom is -0.465 e. The van der Waals surface area contributed by atoms with Crippen LogP contribution in [0, 0.1) is 0 Å². The maximum atomic E-state index is 12.5. The Morgan fingerprint density at radius 1 is 1.21 bits per heavy atom. The van der Waals surface area contributed by atoms with Gasteiger partial charge in [-0.1, -0.05) is 28.1 Å². The predicted molar refractivity (Wildman–Crippen MR) is 108 cm³/mol. The lowest BCUT2D eigenvalue weighted by Crippen LogP contribution is -2.45. The molecule has 5 rings (SSSR count). The molecule has 2 atom stereocenters. The van der Waals surface area contributed by atoms with E-state index < -0.39 is 6.04 Å². The molecule has 2 aliphatic heterocycles. The maximum Gasteiger partial charge on any atom is 0.323 e. The molecular weight excluding hydrogens is 424 g/mol. The quantitative estimate of drug-likeness (QED) is 0.603. The zero-order chi connectivity index (χ0) is 19.3. The smallest absolute Gasteiger partial charge is 0.323 e. The Morgan fingerprint density at radius 2 is 2.07 bits per heavy atom. The number of rotatable bonds is 3. The molecule has 6 nitrogen and oxygen atoms in total. The first-order valence-corrected chi connectivity index (χ1v) is 10.1. The van der Waals surface area contributed by atoms with Gasteiger partial charge in [0.05, 0.1) is 12.6 Å². The van der Waals surface area contributed by atoms with Gasteiger partial charge in [-0.15, -0.1) is 0 Å². The molecule has 2 aliphatic rings. The summed E-state index contributed by atoms with van der Waals surface area (Å²) in [5.74, 6) is 1.23. The summed E-state index contributed by atoms with van der Waals surface area (Å²) in [6.45, 7) is 2.41. The van der Waals surface area contributed by atoms with E-state index in [9.17, 15) is 4.79 Å². The number of carbonyl (C=O) groups excluding carboxylic acids is 1. The predicted octanol–water partition coefficient (Wildman–Crippen LogP) is 3.83. The van der Waals surface area contributed by atoms with E-state index in [-0.39, 0.29) is 18.8 Å². The average Bonchev–Trinajstić information content (AvgIpc) is 3.30. The highest BCUT2D eigenvalue weighted by Crippen LogP contribution is 2.40. The molecule has 28 heavy (non-hydrogen) atoms. The van der Waals surface area contributed by atoms with Crippen LogP contribution in [0.3, 0.4) is 0 Å². The second kappa shape index (κ2) is 6.83. The number of hydrogen-bond acceptors (Lipinski definition) is 5. The SMILES string of the molecule is CCOC(=O)[C@H]1Cc2c([nH]c3cc(Br)ccc23)[C@@H](c2ccc3c(c2)OCO3)N1. The molecule has 0 radical (unpaired) electrons. The average molecular weight is 443 g/mol. The summed E-state index contributed by atoms with van der Waals surface area (Å²) >= 11 is 3.53. The minimum atomic E-state index is -0.412. The number of fused-ring (bicyclic) bond motifs is 4. The highest BCUT2D eigenvalue weighted by Gasteiger charge is 2.35. The second-order valence-electron chi connectivity index (χ2n) is 6.93. The van der Waals surface area contributed by atoms with Crippen LogP contribution in [-0.4, -0.2) is 30.4 Å². The van der Waals surface area contributed by atoms with Crippen LogP contribution in [0.4, 0.5) is 0 Å². The lowest BCUT2D eigenvalue weighted by molar-refractivity contribution is -0.146. The summed E-state index contributed by atoms with van der Waals surface area (Å²) < 4.78 is 17.3. The summed E-state index contributed by atoms with van der Waals surface area (Å²) in [5, 5.41) is 4.59. The van der Waals surface area contributed by atoms with E-state index in [1.54, 1.807) is 0 Å². The Hall–Kier alpha value is -2.51. The molecule has 0 amide bonds. The molecule has 0 fully saturated rings. The van der Waals surface area contributed by atoms with E-state index >= 15 is 0 Å². The third kappa shape index (κ3) is 2.86. The zero-order valence-corrected chi connectivity index (χ0v) is 16.8. The summed E-state index contributed by atoms with van der Waals surface area (Å²) in [7, 11) is 0. The fraction of sp³-hybridized carbons (Fsp3) is 0.286. The maximum absolute atomic E-state index is 12.5. The highest BCUT2D eigenvalue weighted by molar-refractivity contribution is 9.10. The topological polar surface area (TPSA) is 72.6 Å². The number of aromatic nitrogens is 1. The Balaban J connectivity index is 1.63. The Kier molecular flexibility index (Phi) is 4.29. The summed E-state index contributed by atoms with van der Waals surface area (Å²) in [5.41, 5.74) is 4.25. The fourth-order valence-corrected chi connectivity index (χ4v) is 4.37. The number of aromatic amines is 1. The summed E-state index contributed by atoms with van der Waals surface area (Å²) in [6, 6.07) is 11.5. The number of carbonyl (C=O) groups is 1. The van der Waals surface area contributed by atoms with Gasteiger partial charge in [-0.05, 0) is 42.3 Å². The van der Waals surface area contributed by atoms with Crippen molar-refractivity contribution in [1.82, 2.24) is 10.3 Å². The van der Waals surface area contributed by atoms with E-state index in [0.717, 1.165) is 43.7 Å². The molecule has 2 aromatic carbocycles. The van der Waals surface area contributed by atoms with Crippen LogP contribution in [-0.2, 0) is 16.0 Å². The molecule has 0 bridgehead atoms. The van der Waals surface area contributed by atoms with Crippen LogP contribution in [0.25, 0.3) is 10.9 Å². The van der Waals surface area contributed by atoms with Crippen LogP contribution >= 0.6 is 15.9 Å². The van der Waals surface area contributed by atoms with E-state index in [1.165, 1.54) is 0 Å². The normalized spacial score (nSPS) is 20.2. The lowest BCUT2D eigenvalue weighted by atomic mass is 9.90. The third-order valence-electron chi connectivity index (χ3n) is 5.27. The van der Waals surface area contributed by atoms with Crippen LogP contribution in [0.2, 0.25) is 0 Å². The van der Waals surface area contributed by atoms with Gasteiger partial charge in [0.1, 0.15) is 6.04 Å². The van der Waals surface area contributed by atoms with Gasteiger partial charge < -0.3 is 19.2 Å². The molecule has 0 unspecified atom stereocenters. The molecule has 2 N–H and O–H groups in total. The molecule has 0 aliphatic carbocycles. The van der Waals surface area contributed by atoms with Crippen molar-refractivity contribution in [3.63, 3.8) is 0 Å². The number of benzene rings is 2. The molecule has 0 saturated heterocycles. The number of H-pyrrole nitrogens is 1. The number of ether oxygens (including phenoxy) is 3. The van der Waals surface area contributed by atoms with Crippen LogP contribution in [0.5, 0.6) is 11.5 Å². The van der Waals surface area contributed by atoms with Crippen molar-refractivity contribution in [2.24, 2.45) is 0 Å². The van der Waals surface area contributed by atoms with E-state index in [4.69, 9.17) is 14.2 Å². The van der Waals surface area contributed by atoms with Crippen LogP contribution in [0.15, 0.2) is 40.9 Å². The summed E-state index contributed by atoms with van der Waals surface area (Å²) in [6.07, 6.45) is 0.580. The third-order valence-corrected chi connectivity index (χ3v) is 5.76. The first-order chi connectivity index (χ1) is 13.6. The monoisotopic (exact) mass is 442 g/mol. The van der Waals surface area contributed by atoms with Crippen molar-refractivity contribution in [3.8, 4) is 11.5 Å². The largest absolute Gasteiger partial charge is 0.465 e. The van der Waals surface area contributed by atoms with Gasteiger partial charge in [0.15, 0.2) is 11.5 Å². The summed E-state index contributed by atoms with van der Waals surface area (Å²) in [4.78, 5) is 16.1. The minimum absolute atomic E-state index is 0.182. The number of hydrogen-bond donors (Lipinski definition) is 2. The standard InChI is InChI=1S/C21H19BrN2O4/c1-2-26-21(25)16-9-14-13-5-4-12(22)8-15(13)23-20(14)19(24-16)11-3-6-17-18(7-11)28-10-27-17/h3-8,16,19,23-24H,2,9-10H2,1H3/t16-,19-/m1/s1. The van der Waals surface area contributed by atoms with E-state index in [0.29, 0.717) is 13.0 Å². The lowest BCUT2D eigenvalue weighted by Gasteiger charge is -2.30. The van der Waals surface area contributed by atoms with E-state index in [2.05, 4.69) is 38.4 Å². The molecular formula is C21H19BrN2O4. The molecule has 7 heteroatoms. The van der Waals surface area contributed by atoms with E-state index in [1.807, 2.05) is 31.2 Å². The fourth-order valence-electron chi connectivity index (χ4n) is 4.01. The molecule has 3 heterocycles. The number of esters is 1. The number of nitrogens with one attached hydrogen (secondary N) is 2. The van der Waals surface area contributed by atoms with Crippen molar-refractivity contribution < 1.29 is 19.0 Å². The van der Waals surface area contributed by atoms with Gasteiger partial charge in [0.25, 0.3) is 0 Å². The first kappa shape index (κ1) is 17.6. The van der Waals surface area contributed by atoms with Gasteiger partial charge >= 0.3 is 5.97 Å². The van der Waals surface area contributed by atoms with Crippen LogP contribution in [0.1, 0.15) is 29.8 Å². The highest BCUT2D eigenvalue weighted by atomic mass is 79.9. The van der Waals surface area contributed by atoms with Gasteiger partial charge in [0, 0.05) is 27.5 Å². The van der Waals surface area contributed by atoms with Crippen LogP contribution < -0.4 is 14.8 Å². The molecule has 0 spiro atoms. The van der Waals surface area contributed by atoms with Gasteiger partial charge in [-0.2, -0.15) is 0 Å². The number of halogens is 1. The van der Waals surface area contributed by atoms with Gasteiger partial charge in [-0.3, -0.25) is 10.1 Å². The Bertz CT molecular complexity index is 1080. The molecule has 144 valence electrons. The van der Waals surface area contributed by atoms with Crippen molar-refractivity contribution in [2.75, 3.05) is 13.4 Å². The van der Waals surface area contributed by atoms with Crippen molar-refractivity contribution >= 4 is 32.8 Å².